The molecule has 0 bridgehead atoms. The third kappa shape index (κ3) is 2.85. The SMILES string of the molecule is O=C(O)c1cc(NCc2ccc3cc[nH]c3c2)ccc1Cl. The molecule has 3 N–H and O–H groups in total. The molecule has 5 heteroatoms. The third-order valence-electron chi connectivity index (χ3n) is 3.31. The predicted molar refractivity (Wildman–Crippen MR) is 84.0 cm³/mol. The normalized spacial score (nSPS) is 10.7. The molecule has 0 fully saturated rings. The molecule has 0 aliphatic carbocycles. The quantitative estimate of drug-likeness (QED) is 0.678. The van der Waals surface area contributed by atoms with Crippen LogP contribution in [0.3, 0.4) is 0 Å². The molecule has 0 atom stereocenters. The molecule has 1 aromatic heterocycles. The van der Waals surface area contributed by atoms with Crippen molar-refractivity contribution in [2.24, 2.45) is 0 Å². The Morgan fingerprint density at radius 1 is 1.19 bits per heavy atom. The number of fused-ring (bicyclic) bond motifs is 1. The maximum absolute atomic E-state index is 11.0. The van der Waals surface area contributed by atoms with E-state index in [9.17, 15) is 4.79 Å². The van der Waals surface area contributed by atoms with Crippen molar-refractivity contribution < 1.29 is 9.90 Å². The van der Waals surface area contributed by atoms with Crippen LogP contribution in [0, 0.1) is 0 Å². The van der Waals surface area contributed by atoms with Gasteiger partial charge in [0.25, 0.3) is 0 Å². The lowest BCUT2D eigenvalue weighted by molar-refractivity contribution is 0.0697. The highest BCUT2D eigenvalue weighted by molar-refractivity contribution is 6.33. The van der Waals surface area contributed by atoms with Gasteiger partial charge in [-0.1, -0.05) is 23.7 Å². The number of hydrogen-bond donors (Lipinski definition) is 3. The molecular formula is C16H13ClN2O2. The lowest BCUT2D eigenvalue weighted by atomic mass is 10.1. The van der Waals surface area contributed by atoms with E-state index < -0.39 is 5.97 Å². The zero-order valence-corrected chi connectivity index (χ0v) is 11.8. The van der Waals surface area contributed by atoms with Gasteiger partial charge in [-0.2, -0.15) is 0 Å². The van der Waals surface area contributed by atoms with E-state index >= 15 is 0 Å². The van der Waals surface area contributed by atoms with Crippen LogP contribution >= 0.6 is 11.6 Å². The minimum Gasteiger partial charge on any atom is -0.478 e. The first-order valence-corrected chi connectivity index (χ1v) is 6.84. The summed E-state index contributed by atoms with van der Waals surface area (Å²) in [6, 6.07) is 13.1. The second-order valence-corrected chi connectivity index (χ2v) is 5.16. The monoisotopic (exact) mass is 300 g/mol. The molecule has 4 nitrogen and oxygen atoms in total. The van der Waals surface area contributed by atoms with Crippen molar-refractivity contribution in [2.45, 2.75) is 6.54 Å². The minimum absolute atomic E-state index is 0.0986. The first kappa shape index (κ1) is 13.5. The minimum atomic E-state index is -1.03. The summed E-state index contributed by atoms with van der Waals surface area (Å²) in [6.45, 7) is 0.607. The summed E-state index contributed by atoms with van der Waals surface area (Å²) in [6.07, 6.45) is 1.90. The molecule has 0 aliphatic heterocycles. The van der Waals surface area contributed by atoms with Gasteiger partial charge in [0.1, 0.15) is 0 Å². The molecule has 21 heavy (non-hydrogen) atoms. The fourth-order valence-electron chi connectivity index (χ4n) is 2.21. The first-order chi connectivity index (χ1) is 10.1. The Balaban J connectivity index is 1.77. The van der Waals surface area contributed by atoms with Gasteiger partial charge in [0.05, 0.1) is 10.6 Å². The van der Waals surface area contributed by atoms with Crippen molar-refractivity contribution in [1.29, 1.82) is 0 Å². The summed E-state index contributed by atoms with van der Waals surface area (Å²) in [5.41, 5.74) is 3.01. The predicted octanol–water partition coefficient (Wildman–Crippen LogP) is 4.13. The fourth-order valence-corrected chi connectivity index (χ4v) is 2.41. The molecule has 106 valence electrons. The summed E-state index contributed by atoms with van der Waals surface area (Å²) >= 11 is 5.85. The Morgan fingerprint density at radius 2 is 2.05 bits per heavy atom. The highest BCUT2D eigenvalue weighted by Crippen LogP contribution is 2.21. The van der Waals surface area contributed by atoms with Gasteiger partial charge in [0.15, 0.2) is 0 Å². The number of benzene rings is 2. The number of anilines is 1. The van der Waals surface area contributed by atoms with Crippen LogP contribution in [-0.4, -0.2) is 16.1 Å². The number of aromatic nitrogens is 1. The molecule has 0 saturated carbocycles. The van der Waals surface area contributed by atoms with E-state index in [2.05, 4.69) is 16.4 Å². The maximum atomic E-state index is 11.0. The van der Waals surface area contributed by atoms with Crippen LogP contribution in [0.2, 0.25) is 5.02 Å². The Hall–Kier alpha value is -2.46. The number of carbonyl (C=O) groups is 1. The van der Waals surface area contributed by atoms with Gasteiger partial charge in [-0.25, -0.2) is 4.79 Å². The van der Waals surface area contributed by atoms with E-state index in [1.807, 2.05) is 24.4 Å². The molecule has 2 aromatic carbocycles. The summed E-state index contributed by atoms with van der Waals surface area (Å²) in [7, 11) is 0. The zero-order valence-electron chi connectivity index (χ0n) is 11.1. The molecule has 0 saturated heterocycles. The van der Waals surface area contributed by atoms with Crippen molar-refractivity contribution in [3.8, 4) is 0 Å². The molecule has 0 aliphatic rings. The standard InChI is InChI=1S/C16H13ClN2O2/c17-14-4-3-12(8-13(14)16(20)21)19-9-10-1-2-11-5-6-18-15(11)7-10/h1-8,18-19H,9H2,(H,20,21). The van der Waals surface area contributed by atoms with Gasteiger partial charge in [-0.15, -0.1) is 0 Å². The second-order valence-electron chi connectivity index (χ2n) is 4.75. The zero-order chi connectivity index (χ0) is 14.8. The smallest absolute Gasteiger partial charge is 0.337 e. The van der Waals surface area contributed by atoms with E-state index in [1.165, 1.54) is 11.5 Å². The number of carboxylic acid groups (broad SMARTS) is 1. The van der Waals surface area contributed by atoms with E-state index in [4.69, 9.17) is 16.7 Å². The number of hydrogen-bond acceptors (Lipinski definition) is 2. The topological polar surface area (TPSA) is 65.1 Å². The number of carboxylic acids is 1. The molecular weight excluding hydrogens is 288 g/mol. The Kier molecular flexibility index (Phi) is 3.54. The number of nitrogens with one attached hydrogen (secondary N) is 2. The number of aromatic amines is 1. The molecule has 1 heterocycles. The van der Waals surface area contributed by atoms with Gasteiger partial charge >= 0.3 is 5.97 Å². The molecule has 0 amide bonds. The highest BCUT2D eigenvalue weighted by Gasteiger charge is 2.09. The summed E-state index contributed by atoms with van der Waals surface area (Å²) in [4.78, 5) is 14.2. The highest BCUT2D eigenvalue weighted by atomic mass is 35.5. The Labute approximate surface area is 126 Å². The van der Waals surface area contributed by atoms with Crippen LogP contribution in [-0.2, 0) is 6.54 Å². The van der Waals surface area contributed by atoms with E-state index in [1.54, 1.807) is 12.1 Å². The number of halogens is 1. The van der Waals surface area contributed by atoms with Crippen LogP contribution in [0.15, 0.2) is 48.7 Å². The van der Waals surface area contributed by atoms with Crippen LogP contribution in [0.25, 0.3) is 10.9 Å². The first-order valence-electron chi connectivity index (χ1n) is 6.46. The van der Waals surface area contributed by atoms with E-state index in [0.717, 1.165) is 16.8 Å². The molecule has 3 aromatic rings. The van der Waals surface area contributed by atoms with Crippen molar-refractivity contribution in [1.82, 2.24) is 4.98 Å². The lowest BCUT2D eigenvalue weighted by Gasteiger charge is -2.08. The number of aromatic carboxylic acids is 1. The van der Waals surface area contributed by atoms with Crippen molar-refractivity contribution in [3.05, 3.63) is 64.8 Å². The fraction of sp³-hybridized carbons (Fsp3) is 0.0625. The third-order valence-corrected chi connectivity index (χ3v) is 3.64. The average molecular weight is 301 g/mol. The lowest BCUT2D eigenvalue weighted by Crippen LogP contribution is -2.02. The van der Waals surface area contributed by atoms with Crippen molar-refractivity contribution in [3.63, 3.8) is 0 Å². The van der Waals surface area contributed by atoms with Gasteiger partial charge in [0, 0.05) is 23.9 Å². The van der Waals surface area contributed by atoms with Crippen molar-refractivity contribution >= 4 is 34.2 Å². The molecule has 0 radical (unpaired) electrons. The average Bonchev–Trinajstić information content (AvgIpc) is 2.93. The van der Waals surface area contributed by atoms with Crippen LogP contribution in [0.4, 0.5) is 5.69 Å². The van der Waals surface area contributed by atoms with Crippen LogP contribution < -0.4 is 5.32 Å². The van der Waals surface area contributed by atoms with Crippen LogP contribution in [0.1, 0.15) is 15.9 Å². The Morgan fingerprint density at radius 3 is 2.86 bits per heavy atom. The van der Waals surface area contributed by atoms with Gasteiger partial charge in [0.2, 0.25) is 0 Å². The maximum Gasteiger partial charge on any atom is 0.337 e. The van der Waals surface area contributed by atoms with Gasteiger partial charge in [-0.05, 0) is 41.3 Å². The van der Waals surface area contributed by atoms with Crippen LogP contribution in [0.5, 0.6) is 0 Å². The van der Waals surface area contributed by atoms with Crippen molar-refractivity contribution in [2.75, 3.05) is 5.32 Å². The number of rotatable bonds is 4. The summed E-state index contributed by atoms with van der Waals surface area (Å²) in [5.74, 6) is -1.03. The van der Waals surface area contributed by atoms with Gasteiger partial charge in [-0.3, -0.25) is 0 Å². The second kappa shape index (κ2) is 5.50. The Bertz CT molecular complexity index is 811. The van der Waals surface area contributed by atoms with E-state index in [0.29, 0.717) is 6.54 Å². The van der Waals surface area contributed by atoms with Gasteiger partial charge < -0.3 is 15.4 Å². The largest absolute Gasteiger partial charge is 0.478 e. The summed E-state index contributed by atoms with van der Waals surface area (Å²) in [5, 5.41) is 13.7. The molecule has 3 rings (SSSR count). The molecule has 0 unspecified atom stereocenters. The summed E-state index contributed by atoms with van der Waals surface area (Å²) < 4.78 is 0. The number of H-pyrrole nitrogens is 1. The molecule has 0 spiro atoms. The van der Waals surface area contributed by atoms with E-state index in [-0.39, 0.29) is 10.6 Å².